The SMILES string of the molecule is C[C@@H]1CC[C@@]2(OC1)O[C@H]1C[C@H]3[C@@H]4CC=C5C[C@@H](O[C@@H]6O[C@H](CO)[C@H](O[C@@H]7O[C@H](CO)[C@@H](O)[C@H](O[C@@H]8O[C@H](CO)[C@@H](O)[C@H](O)[C@H]8O)[C@H]7O[C@@H]7O[C@H](CO)[C@@H](O)[C@H](O)[C@H]7O)[C@H](O)[C@H]6O)CC[C@]5(C)[C@H]4CC[C@]3(C)[C@H]1[C@@H]2C. The van der Waals surface area contributed by atoms with Gasteiger partial charge in [0.2, 0.25) is 0 Å². The van der Waals surface area contributed by atoms with Crippen LogP contribution in [0.2, 0.25) is 0 Å². The summed E-state index contributed by atoms with van der Waals surface area (Å²) in [6, 6.07) is 0. The van der Waals surface area contributed by atoms with Gasteiger partial charge < -0.3 is 114 Å². The van der Waals surface area contributed by atoms with Crippen molar-refractivity contribution >= 4 is 0 Å². The number of allylic oxidation sites excluding steroid dienone is 1. The van der Waals surface area contributed by atoms with Gasteiger partial charge in [-0.05, 0) is 91.8 Å². The summed E-state index contributed by atoms with van der Waals surface area (Å²) in [5.41, 5.74) is 1.40. The summed E-state index contributed by atoms with van der Waals surface area (Å²) in [4.78, 5) is 0. The van der Waals surface area contributed by atoms with E-state index in [9.17, 15) is 66.4 Å². The summed E-state index contributed by atoms with van der Waals surface area (Å²) < 4.78 is 61.4. The maximum atomic E-state index is 11.8. The number of aliphatic hydroxyl groups excluding tert-OH is 13. The molecule has 1 spiro atoms. The van der Waals surface area contributed by atoms with Gasteiger partial charge >= 0.3 is 0 Å². The second-order valence-corrected chi connectivity index (χ2v) is 23.9. The quantitative estimate of drug-likeness (QED) is 0.0867. The number of hydrogen-bond acceptors (Lipinski definition) is 23. The van der Waals surface area contributed by atoms with Crippen LogP contribution in [0.25, 0.3) is 0 Å². The van der Waals surface area contributed by atoms with E-state index in [1.165, 1.54) is 5.57 Å². The normalized spacial score (nSPS) is 56.5. The topological polar surface area (TPSA) is 355 Å². The van der Waals surface area contributed by atoms with Crippen LogP contribution in [0.1, 0.15) is 85.5 Å². The van der Waals surface area contributed by atoms with Gasteiger partial charge in [0.1, 0.15) is 97.7 Å². The average molecular weight is 1060 g/mol. The van der Waals surface area contributed by atoms with Crippen molar-refractivity contribution in [3.63, 3.8) is 0 Å². The molecule has 0 radical (unpaired) electrons. The van der Waals surface area contributed by atoms with Gasteiger partial charge in [-0.2, -0.15) is 0 Å². The van der Waals surface area contributed by atoms with E-state index >= 15 is 0 Å². The van der Waals surface area contributed by atoms with Crippen molar-refractivity contribution in [3.05, 3.63) is 11.6 Å². The van der Waals surface area contributed by atoms with Gasteiger partial charge in [0.25, 0.3) is 0 Å². The molecule has 0 aromatic rings. The molecule has 6 saturated heterocycles. The van der Waals surface area contributed by atoms with Crippen LogP contribution in [0.3, 0.4) is 0 Å². The van der Waals surface area contributed by atoms with E-state index < -0.39 is 161 Å². The highest BCUT2D eigenvalue weighted by Crippen LogP contribution is 2.71. The zero-order valence-corrected chi connectivity index (χ0v) is 42.5. The molecule has 13 N–H and O–H groups in total. The largest absolute Gasteiger partial charge is 0.394 e. The van der Waals surface area contributed by atoms with Crippen molar-refractivity contribution in [2.75, 3.05) is 33.0 Å². The molecule has 6 aliphatic heterocycles. The molecule has 0 bridgehead atoms. The molecule has 0 amide bonds. The molecular formula is C51H82O23. The van der Waals surface area contributed by atoms with Gasteiger partial charge in [-0.25, -0.2) is 0 Å². The number of ether oxygens (including phenoxy) is 10. The van der Waals surface area contributed by atoms with Crippen molar-refractivity contribution in [1.82, 2.24) is 0 Å². The van der Waals surface area contributed by atoms with Gasteiger partial charge in [-0.1, -0.05) is 39.3 Å². The second kappa shape index (κ2) is 21.7. The molecule has 23 nitrogen and oxygen atoms in total. The van der Waals surface area contributed by atoms with Gasteiger partial charge in [-0.3, -0.25) is 0 Å². The highest BCUT2D eigenvalue weighted by molar-refractivity contribution is 5.26. The van der Waals surface area contributed by atoms with Crippen LogP contribution in [0.5, 0.6) is 0 Å². The third-order valence-electron chi connectivity index (χ3n) is 19.8. The predicted octanol–water partition coefficient (Wildman–Crippen LogP) is -2.99. The molecule has 3 saturated carbocycles. The molecule has 9 fully saturated rings. The molecule has 4 aliphatic carbocycles. The lowest BCUT2D eigenvalue weighted by Crippen LogP contribution is -2.68. The third-order valence-corrected chi connectivity index (χ3v) is 19.8. The van der Waals surface area contributed by atoms with Gasteiger partial charge in [0, 0.05) is 12.3 Å². The van der Waals surface area contributed by atoms with Crippen molar-refractivity contribution in [3.8, 4) is 0 Å². The van der Waals surface area contributed by atoms with Gasteiger partial charge in [0.05, 0.1) is 45.2 Å². The Morgan fingerprint density at radius 3 is 1.72 bits per heavy atom. The minimum Gasteiger partial charge on any atom is -0.394 e. The van der Waals surface area contributed by atoms with Gasteiger partial charge in [0.15, 0.2) is 30.9 Å². The maximum Gasteiger partial charge on any atom is 0.187 e. The van der Waals surface area contributed by atoms with Crippen molar-refractivity contribution < 1.29 is 114 Å². The summed E-state index contributed by atoms with van der Waals surface area (Å²) in [7, 11) is 0. The summed E-state index contributed by atoms with van der Waals surface area (Å²) in [6.45, 7) is 6.83. The van der Waals surface area contributed by atoms with Crippen molar-refractivity contribution in [2.45, 2.75) is 226 Å². The van der Waals surface area contributed by atoms with Crippen molar-refractivity contribution in [2.24, 2.45) is 46.3 Å². The number of aliphatic hydroxyl groups is 13. The van der Waals surface area contributed by atoms with Gasteiger partial charge in [-0.15, -0.1) is 0 Å². The van der Waals surface area contributed by atoms with E-state index in [1.54, 1.807) is 0 Å². The summed E-state index contributed by atoms with van der Waals surface area (Å²) in [6.07, 6.45) is -25.3. The van der Waals surface area contributed by atoms with Crippen LogP contribution in [0, 0.1) is 46.3 Å². The standard InChI is InChI=1S/C51H82O23/c1-20-7-12-51(65-19-20)21(2)32-27(74-51)14-26-24-6-5-22-13-23(8-10-49(22,3)25(24)9-11-50(26,32)4)66-45-41(64)38(61)42(31(18-55)70-45)71-48-44(73-47-40(63)37(60)34(57)29(16-53)68-47)43(35(58)30(17-54)69-48)72-46-39(62)36(59)33(56)28(15-52)67-46/h5,20-21,23-48,52-64H,6-19H2,1-4H3/t20-,21+,23+,24-,25+,26+,27+,28-,29-,30-,31-,32+,33-,34-,35-,36+,37+,38-,39-,40-,41-,42+,43+,44-,45-,46+,47+,48+,49+,50+,51-/m1/s1. The van der Waals surface area contributed by atoms with Crippen LogP contribution in [0.15, 0.2) is 11.6 Å². The minimum absolute atomic E-state index is 0.0607. The Bertz CT molecular complexity index is 1940. The second-order valence-electron chi connectivity index (χ2n) is 23.9. The summed E-state index contributed by atoms with van der Waals surface area (Å²) in [5, 5.41) is 140. The molecule has 6 heterocycles. The van der Waals surface area contributed by atoms with Crippen molar-refractivity contribution in [1.29, 1.82) is 0 Å². The van der Waals surface area contributed by atoms with Crippen LogP contribution in [-0.4, -0.2) is 240 Å². The molecular weight excluding hydrogens is 981 g/mol. The van der Waals surface area contributed by atoms with E-state index in [4.69, 9.17) is 47.4 Å². The van der Waals surface area contributed by atoms with Crippen LogP contribution in [0.4, 0.5) is 0 Å². The number of hydrogen-bond donors (Lipinski definition) is 13. The van der Waals surface area contributed by atoms with E-state index in [-0.39, 0.29) is 16.9 Å². The fourth-order valence-electron chi connectivity index (χ4n) is 15.6. The fraction of sp³-hybridized carbons (Fsp3) is 0.961. The van der Waals surface area contributed by atoms with E-state index in [0.29, 0.717) is 48.3 Å². The smallest absolute Gasteiger partial charge is 0.187 e. The van der Waals surface area contributed by atoms with E-state index in [2.05, 4.69) is 33.8 Å². The monoisotopic (exact) mass is 1060 g/mol. The molecule has 0 aromatic heterocycles. The van der Waals surface area contributed by atoms with Crippen LogP contribution >= 0.6 is 0 Å². The highest BCUT2D eigenvalue weighted by atomic mass is 16.8. The maximum absolute atomic E-state index is 11.8. The number of rotatable bonds is 12. The lowest BCUT2D eigenvalue weighted by Gasteiger charge is -2.58. The summed E-state index contributed by atoms with van der Waals surface area (Å²) in [5.74, 6) is 2.40. The Hall–Kier alpha value is -1.18. The lowest BCUT2D eigenvalue weighted by molar-refractivity contribution is -0.406. The molecule has 0 unspecified atom stereocenters. The Morgan fingerprint density at radius 2 is 1.11 bits per heavy atom. The first-order valence-corrected chi connectivity index (χ1v) is 27.0. The Balaban J connectivity index is 0.833. The average Bonchev–Trinajstić information content (AvgIpc) is 3.84. The molecule has 74 heavy (non-hydrogen) atoms. The minimum atomic E-state index is -2.04. The zero-order valence-electron chi connectivity index (χ0n) is 42.5. The highest BCUT2D eigenvalue weighted by Gasteiger charge is 2.69. The Morgan fingerprint density at radius 1 is 0.554 bits per heavy atom. The van der Waals surface area contributed by atoms with E-state index in [0.717, 1.165) is 51.6 Å². The Kier molecular flexibility index (Phi) is 16.5. The third kappa shape index (κ3) is 9.48. The molecule has 31 atom stereocenters. The molecule has 424 valence electrons. The zero-order chi connectivity index (χ0) is 52.9. The van der Waals surface area contributed by atoms with Crippen LogP contribution < -0.4 is 0 Å². The van der Waals surface area contributed by atoms with E-state index in [1.807, 2.05) is 0 Å². The predicted molar refractivity (Wildman–Crippen MR) is 248 cm³/mol. The molecule has 0 aromatic carbocycles. The molecule has 10 rings (SSSR count). The first-order chi connectivity index (χ1) is 35.2. The fourth-order valence-corrected chi connectivity index (χ4v) is 15.6. The molecule has 23 heteroatoms. The lowest BCUT2D eigenvalue weighted by atomic mass is 9.47. The first-order valence-electron chi connectivity index (χ1n) is 27.0. The summed E-state index contributed by atoms with van der Waals surface area (Å²) >= 11 is 0. The first kappa shape index (κ1) is 56.1. The van der Waals surface area contributed by atoms with Crippen LogP contribution in [-0.2, 0) is 47.4 Å². The molecule has 10 aliphatic rings. The Labute approximate surface area is 430 Å². The number of fused-ring (bicyclic) bond motifs is 7.